The van der Waals surface area contributed by atoms with E-state index in [1.807, 2.05) is 6.92 Å². The van der Waals surface area contributed by atoms with Crippen molar-refractivity contribution in [3.8, 4) is 0 Å². The van der Waals surface area contributed by atoms with Gasteiger partial charge in [0.1, 0.15) is 0 Å². The fraction of sp³-hybridized carbons (Fsp3) is 0.692. The van der Waals surface area contributed by atoms with Crippen LogP contribution in [0.1, 0.15) is 30.3 Å². The number of ether oxygens (including phenoxy) is 2. The monoisotopic (exact) mass is 296 g/mol. The van der Waals surface area contributed by atoms with Crippen molar-refractivity contribution in [2.45, 2.75) is 26.4 Å². The van der Waals surface area contributed by atoms with Gasteiger partial charge in [0.05, 0.1) is 32.5 Å². The molecule has 0 saturated carbocycles. The third-order valence-electron chi connectivity index (χ3n) is 3.49. The number of rotatable bonds is 5. The average Bonchev–Trinajstić information content (AvgIpc) is 2.96. The molecular weight excluding hydrogens is 276 g/mol. The summed E-state index contributed by atoms with van der Waals surface area (Å²) >= 11 is 0. The van der Waals surface area contributed by atoms with E-state index >= 15 is 0 Å². The Morgan fingerprint density at radius 3 is 2.71 bits per heavy atom. The largest absolute Gasteiger partial charge is 0.466 e. The minimum atomic E-state index is -0.498. The van der Waals surface area contributed by atoms with Crippen LogP contribution in [0.2, 0.25) is 0 Å². The summed E-state index contributed by atoms with van der Waals surface area (Å²) in [6, 6.07) is 0. The number of hydrogen-bond donors (Lipinski definition) is 0. The van der Waals surface area contributed by atoms with E-state index < -0.39 is 5.97 Å². The molecule has 8 heteroatoms. The number of methoxy groups -OCH3 is 1. The highest BCUT2D eigenvalue weighted by molar-refractivity contribution is 5.86. The SMILES string of the molecule is CCOC(=O)C1CCN(Cn2cc(C(=O)OC)nn2)CC1. The average molecular weight is 296 g/mol. The van der Waals surface area contributed by atoms with E-state index in [9.17, 15) is 9.59 Å². The number of piperidine rings is 1. The first kappa shape index (κ1) is 15.4. The van der Waals surface area contributed by atoms with Crippen molar-refractivity contribution in [1.82, 2.24) is 19.9 Å². The second-order valence-corrected chi connectivity index (χ2v) is 4.92. The Bertz CT molecular complexity index is 494. The Morgan fingerprint density at radius 2 is 2.10 bits per heavy atom. The van der Waals surface area contributed by atoms with Crippen LogP contribution in [0.15, 0.2) is 6.20 Å². The molecular formula is C13H20N4O4. The molecule has 1 saturated heterocycles. The molecule has 0 radical (unpaired) electrons. The highest BCUT2D eigenvalue weighted by Gasteiger charge is 2.26. The molecule has 0 unspecified atom stereocenters. The summed E-state index contributed by atoms with van der Waals surface area (Å²) in [5.74, 6) is -0.615. The van der Waals surface area contributed by atoms with Crippen LogP contribution in [0.4, 0.5) is 0 Å². The van der Waals surface area contributed by atoms with Crippen LogP contribution in [0.5, 0.6) is 0 Å². The first-order valence-electron chi connectivity index (χ1n) is 7.01. The van der Waals surface area contributed by atoms with Crippen LogP contribution < -0.4 is 0 Å². The molecule has 2 rings (SSSR count). The number of esters is 2. The summed E-state index contributed by atoms with van der Waals surface area (Å²) in [7, 11) is 1.31. The molecule has 1 fully saturated rings. The van der Waals surface area contributed by atoms with Crippen LogP contribution in [0.25, 0.3) is 0 Å². The second-order valence-electron chi connectivity index (χ2n) is 4.92. The lowest BCUT2D eigenvalue weighted by Gasteiger charge is -2.30. The van der Waals surface area contributed by atoms with Gasteiger partial charge in [0.15, 0.2) is 5.69 Å². The van der Waals surface area contributed by atoms with E-state index in [-0.39, 0.29) is 17.6 Å². The van der Waals surface area contributed by atoms with E-state index in [0.717, 1.165) is 25.9 Å². The smallest absolute Gasteiger partial charge is 0.360 e. The van der Waals surface area contributed by atoms with Gasteiger partial charge in [0, 0.05) is 13.1 Å². The van der Waals surface area contributed by atoms with Crippen molar-refractivity contribution in [3.63, 3.8) is 0 Å². The van der Waals surface area contributed by atoms with E-state index in [0.29, 0.717) is 13.3 Å². The van der Waals surface area contributed by atoms with Gasteiger partial charge in [0.25, 0.3) is 0 Å². The maximum Gasteiger partial charge on any atom is 0.360 e. The fourth-order valence-corrected chi connectivity index (χ4v) is 2.34. The van der Waals surface area contributed by atoms with Crippen molar-refractivity contribution in [2.75, 3.05) is 26.8 Å². The van der Waals surface area contributed by atoms with Crippen LogP contribution in [0.3, 0.4) is 0 Å². The number of carbonyl (C=O) groups excluding carboxylic acids is 2. The molecule has 0 atom stereocenters. The summed E-state index contributed by atoms with van der Waals surface area (Å²) < 4.78 is 11.2. The zero-order valence-corrected chi connectivity index (χ0v) is 12.3. The molecule has 1 aliphatic heterocycles. The number of nitrogens with zero attached hydrogens (tertiary/aromatic N) is 4. The molecule has 8 nitrogen and oxygen atoms in total. The van der Waals surface area contributed by atoms with E-state index in [4.69, 9.17) is 4.74 Å². The van der Waals surface area contributed by atoms with Gasteiger partial charge >= 0.3 is 11.9 Å². The highest BCUT2D eigenvalue weighted by Crippen LogP contribution is 2.19. The zero-order chi connectivity index (χ0) is 15.2. The topological polar surface area (TPSA) is 86.5 Å². The summed E-state index contributed by atoms with van der Waals surface area (Å²) in [5.41, 5.74) is 0.193. The number of aromatic nitrogens is 3. The number of likely N-dealkylation sites (tertiary alicyclic amines) is 1. The van der Waals surface area contributed by atoms with Crippen LogP contribution in [-0.4, -0.2) is 58.6 Å². The molecule has 1 aromatic rings. The molecule has 0 bridgehead atoms. The van der Waals surface area contributed by atoms with Crippen molar-refractivity contribution in [1.29, 1.82) is 0 Å². The maximum atomic E-state index is 11.7. The van der Waals surface area contributed by atoms with Crippen molar-refractivity contribution in [2.24, 2.45) is 5.92 Å². The van der Waals surface area contributed by atoms with Gasteiger partial charge in [-0.05, 0) is 19.8 Å². The fourth-order valence-electron chi connectivity index (χ4n) is 2.34. The van der Waals surface area contributed by atoms with Crippen LogP contribution in [-0.2, 0) is 20.9 Å². The molecule has 116 valence electrons. The van der Waals surface area contributed by atoms with Crippen LogP contribution in [0, 0.1) is 5.92 Å². The van der Waals surface area contributed by atoms with Gasteiger partial charge in [-0.1, -0.05) is 5.21 Å². The second kappa shape index (κ2) is 7.16. The van der Waals surface area contributed by atoms with Gasteiger partial charge in [-0.3, -0.25) is 9.69 Å². The van der Waals surface area contributed by atoms with Crippen LogP contribution >= 0.6 is 0 Å². The molecule has 0 spiro atoms. The number of hydrogen-bond acceptors (Lipinski definition) is 7. The van der Waals surface area contributed by atoms with Gasteiger partial charge in [0.2, 0.25) is 0 Å². The third-order valence-corrected chi connectivity index (χ3v) is 3.49. The Balaban J connectivity index is 1.82. The predicted octanol–water partition coefficient (Wildman–Crippen LogP) is 0.297. The molecule has 0 aliphatic carbocycles. The Kier molecular flexibility index (Phi) is 5.26. The maximum absolute atomic E-state index is 11.7. The molecule has 0 N–H and O–H groups in total. The number of carbonyl (C=O) groups is 2. The third kappa shape index (κ3) is 4.01. The van der Waals surface area contributed by atoms with E-state index in [1.54, 1.807) is 10.9 Å². The van der Waals surface area contributed by atoms with Gasteiger partial charge in [-0.25, -0.2) is 9.48 Å². The summed E-state index contributed by atoms with van der Waals surface area (Å²) in [6.45, 7) is 4.36. The summed E-state index contributed by atoms with van der Waals surface area (Å²) in [5, 5.41) is 7.65. The lowest BCUT2D eigenvalue weighted by Crippen LogP contribution is -2.38. The lowest BCUT2D eigenvalue weighted by molar-refractivity contribution is -0.149. The predicted molar refractivity (Wildman–Crippen MR) is 72.3 cm³/mol. The summed E-state index contributed by atoms with van der Waals surface area (Å²) in [6.07, 6.45) is 3.11. The van der Waals surface area contributed by atoms with Gasteiger partial charge < -0.3 is 9.47 Å². The van der Waals surface area contributed by atoms with E-state index in [2.05, 4.69) is 19.9 Å². The Hall–Kier alpha value is -1.96. The minimum Gasteiger partial charge on any atom is -0.466 e. The standard InChI is InChI=1S/C13H20N4O4/c1-3-21-12(18)10-4-6-16(7-5-10)9-17-8-11(14-15-17)13(19)20-2/h8,10H,3-7,9H2,1-2H3. The lowest BCUT2D eigenvalue weighted by atomic mass is 9.97. The quantitative estimate of drug-likeness (QED) is 0.722. The van der Waals surface area contributed by atoms with Gasteiger partial charge in [-0.2, -0.15) is 0 Å². The normalized spacial score (nSPS) is 16.7. The zero-order valence-electron chi connectivity index (χ0n) is 12.3. The molecule has 2 heterocycles. The minimum absolute atomic E-state index is 0.0115. The first-order chi connectivity index (χ1) is 10.1. The highest BCUT2D eigenvalue weighted by atomic mass is 16.5. The van der Waals surface area contributed by atoms with Crippen molar-refractivity contribution in [3.05, 3.63) is 11.9 Å². The van der Waals surface area contributed by atoms with E-state index in [1.165, 1.54) is 7.11 Å². The van der Waals surface area contributed by atoms with Gasteiger partial charge in [-0.15, -0.1) is 5.10 Å². The van der Waals surface area contributed by atoms with Crippen molar-refractivity contribution >= 4 is 11.9 Å². The molecule has 1 aromatic heterocycles. The molecule has 0 aromatic carbocycles. The van der Waals surface area contributed by atoms with Crippen molar-refractivity contribution < 1.29 is 19.1 Å². The Labute approximate surface area is 123 Å². The molecule has 21 heavy (non-hydrogen) atoms. The first-order valence-corrected chi connectivity index (χ1v) is 7.01. The summed E-state index contributed by atoms with van der Waals surface area (Å²) in [4.78, 5) is 25.1. The Morgan fingerprint density at radius 1 is 1.38 bits per heavy atom. The molecule has 0 amide bonds. The molecule has 1 aliphatic rings.